The zero-order valence-electron chi connectivity index (χ0n) is 16.7. The number of nitrogens with zero attached hydrogens (tertiary/aromatic N) is 4. The molecule has 0 radical (unpaired) electrons. The predicted octanol–water partition coefficient (Wildman–Crippen LogP) is 1.49. The molecule has 8 nitrogen and oxygen atoms in total. The quantitative estimate of drug-likeness (QED) is 0.716. The minimum absolute atomic E-state index is 0.0837. The van der Waals surface area contributed by atoms with Crippen LogP contribution in [0.5, 0.6) is 0 Å². The average Bonchev–Trinajstić information content (AvgIpc) is 3.28. The van der Waals surface area contributed by atoms with Crippen LogP contribution >= 0.6 is 0 Å². The number of piperazine rings is 1. The lowest BCUT2D eigenvalue weighted by molar-refractivity contribution is -0.144. The van der Waals surface area contributed by atoms with Crippen molar-refractivity contribution in [2.24, 2.45) is 11.8 Å². The van der Waals surface area contributed by atoms with Gasteiger partial charge in [0, 0.05) is 58.3 Å². The number of likely N-dealkylation sites (tertiary alicyclic amines) is 1. The minimum Gasteiger partial charge on any atom is -0.459 e. The Morgan fingerprint density at radius 3 is 2.55 bits per heavy atom. The summed E-state index contributed by atoms with van der Waals surface area (Å²) in [6.07, 6.45) is 5.35. The van der Waals surface area contributed by atoms with Crippen molar-refractivity contribution < 1.29 is 18.8 Å². The van der Waals surface area contributed by atoms with Crippen molar-refractivity contribution in [3.8, 4) is 0 Å². The van der Waals surface area contributed by atoms with E-state index in [-0.39, 0.29) is 11.9 Å². The average molecular weight is 400 g/mol. The van der Waals surface area contributed by atoms with E-state index in [1.807, 2.05) is 9.80 Å². The van der Waals surface area contributed by atoms with Crippen LogP contribution in [0.2, 0.25) is 0 Å². The molecule has 4 aliphatic rings. The molecule has 4 fully saturated rings. The molecule has 3 atom stereocenters. The predicted molar refractivity (Wildman–Crippen MR) is 104 cm³/mol. The first-order valence-electron chi connectivity index (χ1n) is 10.8. The third kappa shape index (κ3) is 3.38. The number of piperidine rings is 3. The van der Waals surface area contributed by atoms with Gasteiger partial charge in [0.2, 0.25) is 5.91 Å². The molecule has 2 bridgehead atoms. The maximum Gasteiger partial charge on any atom is 0.320 e. The molecule has 8 heteroatoms. The topological polar surface area (TPSA) is 77.3 Å². The molecule has 1 aromatic rings. The van der Waals surface area contributed by atoms with Crippen molar-refractivity contribution in [2.45, 2.75) is 31.7 Å². The van der Waals surface area contributed by atoms with Crippen molar-refractivity contribution in [1.82, 2.24) is 19.6 Å². The number of amides is 4. The van der Waals surface area contributed by atoms with Crippen molar-refractivity contribution in [2.75, 3.05) is 45.8 Å². The van der Waals surface area contributed by atoms with Gasteiger partial charge in [0.15, 0.2) is 5.76 Å². The monoisotopic (exact) mass is 400 g/mol. The Labute approximate surface area is 170 Å². The van der Waals surface area contributed by atoms with Gasteiger partial charge < -0.3 is 24.0 Å². The molecular formula is C21H28N4O4. The Morgan fingerprint density at radius 1 is 1.00 bits per heavy atom. The minimum atomic E-state index is -0.114. The second-order valence-electron chi connectivity index (χ2n) is 8.81. The van der Waals surface area contributed by atoms with E-state index < -0.39 is 0 Å². The highest BCUT2D eigenvalue weighted by Crippen LogP contribution is 2.38. The van der Waals surface area contributed by atoms with E-state index >= 15 is 0 Å². The third-order valence-electron chi connectivity index (χ3n) is 7.02. The van der Waals surface area contributed by atoms with Crippen LogP contribution in [0.1, 0.15) is 36.2 Å². The van der Waals surface area contributed by atoms with Gasteiger partial charge >= 0.3 is 6.03 Å². The second-order valence-corrected chi connectivity index (χ2v) is 8.81. The summed E-state index contributed by atoms with van der Waals surface area (Å²) >= 11 is 0. The van der Waals surface area contributed by atoms with Crippen molar-refractivity contribution >= 4 is 17.8 Å². The normalized spacial score (nSPS) is 29.7. The van der Waals surface area contributed by atoms with Gasteiger partial charge in [-0.1, -0.05) is 0 Å². The molecule has 156 valence electrons. The van der Waals surface area contributed by atoms with E-state index in [1.165, 1.54) is 6.26 Å². The van der Waals surface area contributed by atoms with Crippen molar-refractivity contribution in [3.63, 3.8) is 0 Å². The maximum absolute atomic E-state index is 13.2. The maximum atomic E-state index is 13.2. The van der Waals surface area contributed by atoms with Gasteiger partial charge in [0.25, 0.3) is 5.91 Å². The molecule has 5 rings (SSSR count). The third-order valence-corrected chi connectivity index (χ3v) is 7.02. The molecule has 5 heterocycles. The van der Waals surface area contributed by atoms with Gasteiger partial charge in [0.05, 0.1) is 6.26 Å². The Morgan fingerprint density at radius 2 is 1.79 bits per heavy atom. The molecule has 0 aliphatic carbocycles. The van der Waals surface area contributed by atoms with Crippen molar-refractivity contribution in [3.05, 3.63) is 24.2 Å². The highest BCUT2D eigenvalue weighted by atomic mass is 16.3. The lowest BCUT2D eigenvalue weighted by Gasteiger charge is -2.53. The van der Waals surface area contributed by atoms with Crippen LogP contribution in [0.15, 0.2) is 22.8 Å². The summed E-state index contributed by atoms with van der Waals surface area (Å²) in [5.41, 5.74) is 0. The Hall–Kier alpha value is -2.51. The highest BCUT2D eigenvalue weighted by molar-refractivity contribution is 5.91. The number of furan rings is 1. The lowest BCUT2D eigenvalue weighted by Crippen LogP contribution is -2.63. The van der Waals surface area contributed by atoms with E-state index in [0.29, 0.717) is 62.1 Å². The molecular weight excluding hydrogens is 372 g/mol. The second kappa shape index (κ2) is 7.39. The van der Waals surface area contributed by atoms with E-state index in [1.54, 1.807) is 17.0 Å². The summed E-state index contributed by atoms with van der Waals surface area (Å²) < 4.78 is 5.20. The molecule has 0 saturated carbocycles. The zero-order chi connectivity index (χ0) is 20.0. The summed E-state index contributed by atoms with van der Waals surface area (Å²) in [5, 5.41) is 0. The number of hydrogen-bond acceptors (Lipinski definition) is 4. The van der Waals surface area contributed by atoms with E-state index in [4.69, 9.17) is 4.42 Å². The van der Waals surface area contributed by atoms with Crippen LogP contribution in [0.4, 0.5) is 4.79 Å². The number of carbonyl (C=O) groups excluding carboxylic acids is 3. The molecule has 29 heavy (non-hydrogen) atoms. The SMILES string of the molecule is O=C(c1ccco1)N1CCN(C(=O)N2C[C@H]3C[C@H](C2)[C@H]2CCCC(=O)N2C3)CC1. The number of hydrogen-bond donors (Lipinski definition) is 0. The Balaban J connectivity index is 1.19. The molecule has 1 aromatic heterocycles. The van der Waals surface area contributed by atoms with Gasteiger partial charge in [-0.2, -0.15) is 0 Å². The van der Waals surface area contributed by atoms with E-state index in [2.05, 4.69) is 4.90 Å². The summed E-state index contributed by atoms with van der Waals surface area (Å²) in [6.45, 7) is 4.42. The molecule has 0 spiro atoms. The summed E-state index contributed by atoms with van der Waals surface area (Å²) in [5.74, 6) is 1.32. The standard InChI is InChI=1S/C21H28N4O4/c26-19-5-1-3-17-16-11-15(13-25(17)19)12-24(14-16)21(28)23-8-6-22(7-9-23)20(27)18-4-2-10-29-18/h2,4,10,15-17H,1,3,5-9,11-14H2/t15-,16-,17-/m1/s1. The fourth-order valence-corrected chi connectivity index (χ4v) is 5.62. The molecule has 0 aromatic carbocycles. The van der Waals surface area contributed by atoms with Gasteiger partial charge in [-0.25, -0.2) is 4.79 Å². The number of rotatable bonds is 1. The van der Waals surface area contributed by atoms with Gasteiger partial charge in [-0.3, -0.25) is 9.59 Å². The molecule has 0 unspecified atom stereocenters. The van der Waals surface area contributed by atoms with E-state index in [9.17, 15) is 14.4 Å². The van der Waals surface area contributed by atoms with Gasteiger partial charge in [0.1, 0.15) is 0 Å². The fraction of sp³-hybridized carbons (Fsp3) is 0.667. The fourth-order valence-electron chi connectivity index (χ4n) is 5.62. The first-order chi connectivity index (χ1) is 14.1. The highest BCUT2D eigenvalue weighted by Gasteiger charge is 2.45. The first kappa shape index (κ1) is 18.5. The van der Waals surface area contributed by atoms with Crippen molar-refractivity contribution in [1.29, 1.82) is 0 Å². The van der Waals surface area contributed by atoms with Crippen LogP contribution in [0.25, 0.3) is 0 Å². The molecule has 4 aliphatic heterocycles. The van der Waals surface area contributed by atoms with Crippen LogP contribution in [0, 0.1) is 11.8 Å². The van der Waals surface area contributed by atoms with Crippen LogP contribution in [-0.2, 0) is 4.79 Å². The smallest absolute Gasteiger partial charge is 0.320 e. The Bertz CT molecular complexity index is 787. The molecule has 4 saturated heterocycles. The van der Waals surface area contributed by atoms with Gasteiger partial charge in [-0.15, -0.1) is 0 Å². The van der Waals surface area contributed by atoms with E-state index in [0.717, 1.165) is 38.9 Å². The summed E-state index contributed by atoms with van der Waals surface area (Å²) in [7, 11) is 0. The van der Waals surface area contributed by atoms with Crippen LogP contribution < -0.4 is 0 Å². The largest absolute Gasteiger partial charge is 0.459 e. The summed E-state index contributed by atoms with van der Waals surface area (Å²) in [6, 6.07) is 3.78. The summed E-state index contributed by atoms with van der Waals surface area (Å²) in [4.78, 5) is 45.6. The van der Waals surface area contributed by atoms with Crippen LogP contribution in [0.3, 0.4) is 0 Å². The number of urea groups is 1. The zero-order valence-corrected chi connectivity index (χ0v) is 16.7. The molecule has 0 N–H and O–H groups in total. The van der Waals surface area contributed by atoms with Crippen LogP contribution in [-0.4, -0.2) is 89.3 Å². The first-order valence-corrected chi connectivity index (χ1v) is 10.8. The Kier molecular flexibility index (Phi) is 4.72. The number of carbonyl (C=O) groups is 3. The lowest BCUT2D eigenvalue weighted by atomic mass is 9.76. The molecule has 4 amide bonds. The number of fused-ring (bicyclic) bond motifs is 4. The van der Waals surface area contributed by atoms with Gasteiger partial charge in [-0.05, 0) is 43.2 Å².